The molecule has 4 nitrogen and oxygen atoms in total. The second kappa shape index (κ2) is 7.81. The number of aryl methyl sites for hydroxylation is 3. The summed E-state index contributed by atoms with van der Waals surface area (Å²) in [5.74, 6) is 0.882. The van der Waals surface area contributed by atoms with Gasteiger partial charge in [0.05, 0.1) is 16.7 Å². The molecule has 1 aromatic heterocycles. The second-order valence-corrected chi connectivity index (χ2v) is 7.07. The Morgan fingerprint density at radius 2 is 1.77 bits per heavy atom. The number of aromatic nitrogens is 2. The number of nitrogens with one attached hydrogen (secondary N) is 1. The van der Waals surface area contributed by atoms with Gasteiger partial charge in [-0.05, 0) is 50.5 Å². The van der Waals surface area contributed by atoms with Crippen molar-refractivity contribution in [3.8, 4) is 0 Å². The summed E-state index contributed by atoms with van der Waals surface area (Å²) in [7, 11) is 2.10. The van der Waals surface area contributed by atoms with E-state index in [-0.39, 0.29) is 0 Å². The maximum absolute atomic E-state index is 4.86. The van der Waals surface area contributed by atoms with Gasteiger partial charge in [0.15, 0.2) is 0 Å². The lowest BCUT2D eigenvalue weighted by atomic mass is 10.1. The first-order valence-electron chi connectivity index (χ1n) is 9.59. The number of imidazole rings is 1. The van der Waals surface area contributed by atoms with Gasteiger partial charge >= 0.3 is 0 Å². The molecule has 0 radical (unpaired) electrons. The highest BCUT2D eigenvalue weighted by Gasteiger charge is 2.16. The quantitative estimate of drug-likeness (QED) is 0.605. The summed E-state index contributed by atoms with van der Waals surface area (Å²) in [6.07, 6.45) is 2.28. The Kier molecular flexibility index (Phi) is 5.50. The first-order valence-corrected chi connectivity index (χ1v) is 9.59. The van der Waals surface area contributed by atoms with Crippen LogP contribution in [0, 0.1) is 13.8 Å². The maximum atomic E-state index is 4.86. The molecule has 2 aromatic carbocycles. The fraction of sp³-hybridized carbons (Fsp3) is 0.409. The minimum Gasteiger partial charge on any atom is -0.370 e. The van der Waals surface area contributed by atoms with Gasteiger partial charge in [0.1, 0.15) is 0 Å². The Hall–Kier alpha value is -2.49. The molecule has 3 aromatic rings. The Bertz CT molecular complexity index is 889. The topological polar surface area (TPSA) is 33.1 Å². The Balaban J connectivity index is 2.04. The van der Waals surface area contributed by atoms with E-state index < -0.39 is 0 Å². The van der Waals surface area contributed by atoms with E-state index in [1.54, 1.807) is 0 Å². The molecule has 0 amide bonds. The number of rotatable bonds is 7. The average molecular weight is 351 g/mol. The fourth-order valence-electron chi connectivity index (χ4n) is 3.58. The number of fused-ring (bicyclic) bond motifs is 1. The molecule has 3 rings (SSSR count). The molecular formula is C22H30N4. The van der Waals surface area contributed by atoms with Crippen molar-refractivity contribution in [1.29, 1.82) is 0 Å². The fourth-order valence-corrected chi connectivity index (χ4v) is 3.58. The van der Waals surface area contributed by atoms with Gasteiger partial charge in [0, 0.05) is 25.8 Å². The van der Waals surface area contributed by atoms with Crippen molar-refractivity contribution in [2.75, 3.05) is 23.3 Å². The van der Waals surface area contributed by atoms with Gasteiger partial charge in [-0.2, -0.15) is 0 Å². The zero-order valence-electron chi connectivity index (χ0n) is 16.6. The van der Waals surface area contributed by atoms with Crippen LogP contribution in [0.2, 0.25) is 0 Å². The van der Waals surface area contributed by atoms with Gasteiger partial charge in [0.25, 0.3) is 0 Å². The highest BCUT2D eigenvalue weighted by Crippen LogP contribution is 2.31. The predicted molar refractivity (Wildman–Crippen MR) is 113 cm³/mol. The monoisotopic (exact) mass is 350 g/mol. The Labute approximate surface area is 156 Å². The van der Waals surface area contributed by atoms with Crippen LogP contribution in [0.15, 0.2) is 36.4 Å². The minimum absolute atomic E-state index is 0.882. The van der Waals surface area contributed by atoms with E-state index in [4.69, 9.17) is 4.98 Å². The van der Waals surface area contributed by atoms with Gasteiger partial charge in [-0.25, -0.2) is 4.98 Å². The van der Waals surface area contributed by atoms with Gasteiger partial charge in [-0.15, -0.1) is 0 Å². The van der Waals surface area contributed by atoms with E-state index >= 15 is 0 Å². The molecule has 0 aliphatic heterocycles. The number of para-hydroxylation sites is 1. The number of hydrogen-bond donors (Lipinski definition) is 1. The highest BCUT2D eigenvalue weighted by atomic mass is 15.2. The summed E-state index contributed by atoms with van der Waals surface area (Å²) in [6.45, 7) is 10.9. The average Bonchev–Trinajstić information content (AvgIpc) is 2.93. The van der Waals surface area contributed by atoms with Crippen LogP contribution >= 0.6 is 0 Å². The molecule has 0 aliphatic carbocycles. The predicted octanol–water partition coefficient (Wildman–Crippen LogP) is 5.56. The highest BCUT2D eigenvalue weighted by molar-refractivity contribution is 5.91. The van der Waals surface area contributed by atoms with Crippen LogP contribution in [0.3, 0.4) is 0 Å². The molecule has 0 saturated carbocycles. The second-order valence-electron chi connectivity index (χ2n) is 7.07. The number of anilines is 3. The zero-order chi connectivity index (χ0) is 18.7. The van der Waals surface area contributed by atoms with E-state index in [0.717, 1.165) is 43.1 Å². The van der Waals surface area contributed by atoms with Crippen molar-refractivity contribution >= 4 is 28.4 Å². The molecule has 26 heavy (non-hydrogen) atoms. The van der Waals surface area contributed by atoms with Crippen LogP contribution in [0.1, 0.15) is 37.8 Å². The van der Waals surface area contributed by atoms with Crippen molar-refractivity contribution in [3.05, 3.63) is 47.5 Å². The van der Waals surface area contributed by atoms with Crippen molar-refractivity contribution in [1.82, 2.24) is 9.55 Å². The van der Waals surface area contributed by atoms with E-state index in [9.17, 15) is 0 Å². The summed E-state index contributed by atoms with van der Waals surface area (Å²) < 4.78 is 2.18. The third-order valence-corrected chi connectivity index (χ3v) is 4.83. The number of hydrogen-bond acceptors (Lipinski definition) is 3. The largest absolute Gasteiger partial charge is 0.370 e. The minimum atomic E-state index is 0.882. The van der Waals surface area contributed by atoms with Crippen LogP contribution in [0.25, 0.3) is 11.0 Å². The molecule has 0 bridgehead atoms. The normalized spacial score (nSPS) is 11.1. The van der Waals surface area contributed by atoms with Gasteiger partial charge in [-0.3, -0.25) is 0 Å². The van der Waals surface area contributed by atoms with Crippen LogP contribution in [0.4, 0.5) is 17.3 Å². The molecular weight excluding hydrogens is 320 g/mol. The van der Waals surface area contributed by atoms with Gasteiger partial charge in [0.2, 0.25) is 5.95 Å². The summed E-state index contributed by atoms with van der Waals surface area (Å²) in [5, 5.41) is 3.52. The van der Waals surface area contributed by atoms with Crippen molar-refractivity contribution in [3.63, 3.8) is 0 Å². The van der Waals surface area contributed by atoms with Crippen molar-refractivity contribution < 1.29 is 0 Å². The first-order chi connectivity index (χ1) is 12.5. The molecule has 0 aliphatic rings. The molecule has 1 heterocycles. The lowest BCUT2D eigenvalue weighted by Gasteiger charge is -2.25. The Morgan fingerprint density at radius 1 is 1.04 bits per heavy atom. The lowest BCUT2D eigenvalue weighted by Crippen LogP contribution is -2.25. The molecule has 0 unspecified atom stereocenters. The van der Waals surface area contributed by atoms with E-state index in [2.05, 4.69) is 85.9 Å². The van der Waals surface area contributed by atoms with Gasteiger partial charge < -0.3 is 14.8 Å². The SMILES string of the molecule is CCCN(CCC)c1cccc2nc(Nc3ccc(C)cc3C)n(C)c12. The van der Waals surface area contributed by atoms with Gasteiger partial charge in [-0.1, -0.05) is 37.6 Å². The third kappa shape index (κ3) is 3.55. The molecule has 0 atom stereocenters. The van der Waals surface area contributed by atoms with Crippen molar-refractivity contribution in [2.24, 2.45) is 7.05 Å². The molecule has 0 fully saturated rings. The molecule has 4 heteroatoms. The number of benzene rings is 2. The molecule has 1 N–H and O–H groups in total. The number of nitrogens with zero attached hydrogens (tertiary/aromatic N) is 3. The Morgan fingerprint density at radius 3 is 2.42 bits per heavy atom. The van der Waals surface area contributed by atoms with Crippen LogP contribution < -0.4 is 10.2 Å². The summed E-state index contributed by atoms with van der Waals surface area (Å²) in [5.41, 5.74) is 7.12. The third-order valence-electron chi connectivity index (χ3n) is 4.83. The van der Waals surface area contributed by atoms with Crippen LogP contribution in [-0.4, -0.2) is 22.6 Å². The van der Waals surface area contributed by atoms with E-state index in [1.165, 1.54) is 22.3 Å². The van der Waals surface area contributed by atoms with Crippen LogP contribution in [0.5, 0.6) is 0 Å². The summed E-state index contributed by atoms with van der Waals surface area (Å²) >= 11 is 0. The molecule has 0 saturated heterocycles. The summed E-state index contributed by atoms with van der Waals surface area (Å²) in [6, 6.07) is 12.9. The first kappa shape index (κ1) is 18.3. The molecule has 0 spiro atoms. The lowest BCUT2D eigenvalue weighted by molar-refractivity contribution is 0.745. The smallest absolute Gasteiger partial charge is 0.208 e. The summed E-state index contributed by atoms with van der Waals surface area (Å²) in [4.78, 5) is 7.34. The van der Waals surface area contributed by atoms with E-state index in [1.807, 2.05) is 0 Å². The standard InChI is InChI=1S/C22H30N4/c1-6-13-26(14-7-2)20-10-8-9-19-21(20)25(5)22(24-19)23-18-12-11-16(3)15-17(18)4/h8-12,15H,6-7,13-14H2,1-5H3,(H,23,24). The van der Waals surface area contributed by atoms with Crippen LogP contribution in [-0.2, 0) is 7.05 Å². The maximum Gasteiger partial charge on any atom is 0.208 e. The van der Waals surface area contributed by atoms with E-state index in [0.29, 0.717) is 0 Å². The zero-order valence-corrected chi connectivity index (χ0v) is 16.6. The van der Waals surface area contributed by atoms with Crippen molar-refractivity contribution in [2.45, 2.75) is 40.5 Å². The molecule has 138 valence electrons.